The first-order valence-corrected chi connectivity index (χ1v) is 6.37. The topological polar surface area (TPSA) is 29.1 Å². The summed E-state index contributed by atoms with van der Waals surface area (Å²) in [5, 5.41) is 2.93. The molecule has 2 nitrogen and oxygen atoms in total. The van der Waals surface area contributed by atoms with Gasteiger partial charge in [-0.05, 0) is 30.3 Å². The molecule has 0 aromatic heterocycles. The maximum Gasteiger partial charge on any atom is 0.250 e. The van der Waals surface area contributed by atoms with Crippen LogP contribution in [0, 0.1) is 11.8 Å². The van der Waals surface area contributed by atoms with Crippen LogP contribution in [0.3, 0.4) is 0 Å². The molecule has 0 aliphatic heterocycles. The van der Waals surface area contributed by atoms with Crippen LogP contribution >= 0.6 is 0 Å². The summed E-state index contributed by atoms with van der Waals surface area (Å²) in [4.78, 5) is 11.9. The smallest absolute Gasteiger partial charge is 0.250 e. The van der Waals surface area contributed by atoms with Gasteiger partial charge in [0.2, 0.25) is 0 Å². The Hall–Kier alpha value is -1.83. The number of carbonyl (C=O) groups is 1. The number of fused-ring (bicyclic) bond motifs is 1. The van der Waals surface area contributed by atoms with Crippen molar-refractivity contribution in [2.45, 2.75) is 12.8 Å². The quantitative estimate of drug-likeness (QED) is 0.712. The highest BCUT2D eigenvalue weighted by Crippen LogP contribution is 2.44. The monoisotopic (exact) mass is 241 g/mol. The molecule has 2 unspecified atom stereocenters. The SMILES string of the molecule is C=C/C=C(\C=C)CCNC(=O)C1=CC2CC2C=C1. The first-order valence-electron chi connectivity index (χ1n) is 6.37. The van der Waals surface area contributed by atoms with Gasteiger partial charge in [0.1, 0.15) is 0 Å². The third kappa shape index (κ3) is 3.10. The predicted octanol–water partition coefficient (Wildman–Crippen LogP) is 2.92. The maximum atomic E-state index is 11.9. The Morgan fingerprint density at radius 3 is 2.94 bits per heavy atom. The van der Waals surface area contributed by atoms with Crippen LogP contribution in [0.2, 0.25) is 0 Å². The largest absolute Gasteiger partial charge is 0.352 e. The van der Waals surface area contributed by atoms with Crippen molar-refractivity contribution in [3.8, 4) is 0 Å². The van der Waals surface area contributed by atoms with Crippen molar-refractivity contribution in [2.75, 3.05) is 6.54 Å². The number of allylic oxidation sites excluding steroid dienone is 5. The van der Waals surface area contributed by atoms with Crippen LogP contribution in [-0.2, 0) is 4.79 Å². The van der Waals surface area contributed by atoms with Gasteiger partial charge in [0.25, 0.3) is 5.91 Å². The number of carbonyl (C=O) groups excluding carboxylic acids is 1. The van der Waals surface area contributed by atoms with Gasteiger partial charge >= 0.3 is 0 Å². The zero-order valence-corrected chi connectivity index (χ0v) is 10.6. The molecule has 2 atom stereocenters. The molecule has 0 saturated heterocycles. The van der Waals surface area contributed by atoms with E-state index in [0.717, 1.165) is 17.6 Å². The average molecular weight is 241 g/mol. The normalized spacial score (nSPS) is 24.9. The fourth-order valence-electron chi connectivity index (χ4n) is 2.14. The Balaban J connectivity index is 1.78. The lowest BCUT2D eigenvalue weighted by Crippen LogP contribution is -2.26. The summed E-state index contributed by atoms with van der Waals surface area (Å²) < 4.78 is 0. The Labute approximate surface area is 108 Å². The van der Waals surface area contributed by atoms with E-state index < -0.39 is 0 Å². The van der Waals surface area contributed by atoms with Crippen LogP contribution in [0.15, 0.2) is 60.8 Å². The first-order chi connectivity index (χ1) is 8.74. The van der Waals surface area contributed by atoms with E-state index in [0.29, 0.717) is 18.4 Å². The Bertz CT molecular complexity index is 454. The van der Waals surface area contributed by atoms with Gasteiger partial charge in [-0.15, -0.1) is 0 Å². The number of hydrogen-bond donors (Lipinski definition) is 1. The summed E-state index contributed by atoms with van der Waals surface area (Å²) in [5.41, 5.74) is 1.89. The number of hydrogen-bond acceptors (Lipinski definition) is 1. The molecular weight excluding hydrogens is 222 g/mol. The molecule has 2 aliphatic rings. The highest BCUT2D eigenvalue weighted by Gasteiger charge is 2.35. The van der Waals surface area contributed by atoms with Crippen molar-refractivity contribution in [3.63, 3.8) is 0 Å². The van der Waals surface area contributed by atoms with Gasteiger partial charge in [0, 0.05) is 12.1 Å². The lowest BCUT2D eigenvalue weighted by Gasteiger charge is -2.08. The second kappa shape index (κ2) is 5.67. The Kier molecular flexibility index (Phi) is 3.98. The molecule has 2 heteroatoms. The fraction of sp³-hybridized carbons (Fsp3) is 0.312. The van der Waals surface area contributed by atoms with Crippen molar-refractivity contribution < 1.29 is 4.79 Å². The second-order valence-electron chi connectivity index (χ2n) is 4.73. The van der Waals surface area contributed by atoms with Gasteiger partial charge in [0.15, 0.2) is 0 Å². The standard InChI is InChI=1S/C16H19NO/c1-3-5-12(4-2)8-9-17-16(18)14-7-6-13-10-15(13)11-14/h3-7,11,13,15H,1-2,8-10H2,(H,17,18)/b12-5+. The van der Waals surface area contributed by atoms with Crippen LogP contribution in [0.5, 0.6) is 0 Å². The third-order valence-electron chi connectivity index (χ3n) is 3.36. The van der Waals surface area contributed by atoms with Crippen molar-refractivity contribution >= 4 is 5.91 Å². The molecule has 1 amide bonds. The zero-order chi connectivity index (χ0) is 13.0. The molecular formula is C16H19NO. The van der Waals surface area contributed by atoms with Crippen molar-refractivity contribution in [3.05, 3.63) is 60.8 Å². The van der Waals surface area contributed by atoms with Crippen LogP contribution in [0.1, 0.15) is 12.8 Å². The minimum Gasteiger partial charge on any atom is -0.352 e. The van der Waals surface area contributed by atoms with E-state index in [1.165, 1.54) is 6.42 Å². The van der Waals surface area contributed by atoms with Crippen LogP contribution in [0.4, 0.5) is 0 Å². The molecule has 1 N–H and O–H groups in total. The van der Waals surface area contributed by atoms with E-state index in [2.05, 4.69) is 30.6 Å². The molecule has 18 heavy (non-hydrogen) atoms. The van der Waals surface area contributed by atoms with E-state index >= 15 is 0 Å². The lowest BCUT2D eigenvalue weighted by atomic mass is 10.1. The molecule has 0 radical (unpaired) electrons. The second-order valence-corrected chi connectivity index (χ2v) is 4.73. The Morgan fingerprint density at radius 2 is 2.28 bits per heavy atom. The average Bonchev–Trinajstić information content (AvgIpc) is 3.15. The van der Waals surface area contributed by atoms with E-state index in [-0.39, 0.29) is 5.91 Å². The molecule has 1 fully saturated rings. The van der Waals surface area contributed by atoms with Crippen molar-refractivity contribution in [2.24, 2.45) is 11.8 Å². The molecule has 94 valence electrons. The van der Waals surface area contributed by atoms with Gasteiger partial charge in [-0.2, -0.15) is 0 Å². The van der Waals surface area contributed by atoms with Crippen LogP contribution in [-0.4, -0.2) is 12.5 Å². The van der Waals surface area contributed by atoms with Gasteiger partial charge < -0.3 is 5.32 Å². The molecule has 0 heterocycles. The predicted molar refractivity (Wildman–Crippen MR) is 74.9 cm³/mol. The third-order valence-corrected chi connectivity index (χ3v) is 3.36. The molecule has 1 saturated carbocycles. The van der Waals surface area contributed by atoms with Gasteiger partial charge in [-0.25, -0.2) is 0 Å². The Morgan fingerprint density at radius 1 is 1.44 bits per heavy atom. The maximum absolute atomic E-state index is 11.9. The van der Waals surface area contributed by atoms with Gasteiger partial charge in [-0.3, -0.25) is 4.79 Å². The summed E-state index contributed by atoms with van der Waals surface area (Å²) in [6, 6.07) is 0. The van der Waals surface area contributed by atoms with E-state index in [1.54, 1.807) is 12.2 Å². The number of amides is 1. The molecule has 0 aromatic carbocycles. The molecule has 0 spiro atoms. The van der Waals surface area contributed by atoms with Crippen molar-refractivity contribution in [1.29, 1.82) is 0 Å². The highest BCUT2D eigenvalue weighted by molar-refractivity contribution is 5.96. The number of rotatable bonds is 6. The van der Waals surface area contributed by atoms with Crippen LogP contribution in [0.25, 0.3) is 0 Å². The van der Waals surface area contributed by atoms with E-state index in [9.17, 15) is 4.79 Å². The van der Waals surface area contributed by atoms with Gasteiger partial charge in [-0.1, -0.05) is 49.6 Å². The van der Waals surface area contributed by atoms with Gasteiger partial charge in [0.05, 0.1) is 0 Å². The summed E-state index contributed by atoms with van der Waals surface area (Å²) >= 11 is 0. The van der Waals surface area contributed by atoms with E-state index in [4.69, 9.17) is 0 Å². The molecule has 0 aromatic rings. The molecule has 2 rings (SSSR count). The highest BCUT2D eigenvalue weighted by atomic mass is 16.1. The summed E-state index contributed by atoms with van der Waals surface area (Å²) in [5.74, 6) is 1.34. The van der Waals surface area contributed by atoms with E-state index in [1.807, 2.05) is 12.2 Å². The minimum atomic E-state index is 0.0265. The fourth-order valence-corrected chi connectivity index (χ4v) is 2.14. The summed E-state index contributed by atoms with van der Waals surface area (Å²) in [6.07, 6.45) is 13.6. The molecule has 0 bridgehead atoms. The lowest BCUT2D eigenvalue weighted by molar-refractivity contribution is -0.117. The number of nitrogens with one attached hydrogen (secondary N) is 1. The zero-order valence-electron chi connectivity index (χ0n) is 10.6. The molecule has 2 aliphatic carbocycles. The summed E-state index contributed by atoms with van der Waals surface area (Å²) in [6.45, 7) is 8.01. The first kappa shape index (κ1) is 12.6. The van der Waals surface area contributed by atoms with Crippen LogP contribution < -0.4 is 5.32 Å². The summed E-state index contributed by atoms with van der Waals surface area (Å²) in [7, 11) is 0. The van der Waals surface area contributed by atoms with Crippen molar-refractivity contribution in [1.82, 2.24) is 5.32 Å². The minimum absolute atomic E-state index is 0.0265.